The Labute approximate surface area is 200 Å². The van der Waals surface area contributed by atoms with Gasteiger partial charge in [-0.25, -0.2) is 14.0 Å². The average Bonchev–Trinajstić information content (AvgIpc) is 3.22. The lowest BCUT2D eigenvalue weighted by Crippen LogP contribution is -2.43. The minimum absolute atomic E-state index is 0.172. The molecule has 0 fully saturated rings. The zero-order valence-electron chi connectivity index (χ0n) is 18.3. The van der Waals surface area contributed by atoms with Gasteiger partial charge < -0.3 is 19.9 Å². The molecule has 0 aliphatic carbocycles. The van der Waals surface area contributed by atoms with Crippen LogP contribution in [0.5, 0.6) is 0 Å². The van der Waals surface area contributed by atoms with E-state index in [1.54, 1.807) is 29.2 Å². The molecule has 5 rings (SSSR count). The van der Waals surface area contributed by atoms with Crippen LogP contribution in [0.25, 0.3) is 10.9 Å². The summed E-state index contributed by atoms with van der Waals surface area (Å²) < 4.78 is 19.8. The van der Waals surface area contributed by atoms with Crippen LogP contribution in [0.2, 0.25) is 5.02 Å². The monoisotopic (exact) mass is 477 g/mol. The third-order valence-corrected chi connectivity index (χ3v) is 6.36. The number of nitrogens with one attached hydrogen (secondary N) is 2. The zero-order valence-corrected chi connectivity index (χ0v) is 19.0. The molecule has 2 N–H and O–H groups in total. The molecule has 0 saturated heterocycles. The van der Waals surface area contributed by atoms with Crippen LogP contribution >= 0.6 is 11.6 Å². The van der Waals surface area contributed by atoms with Crippen molar-refractivity contribution >= 4 is 40.2 Å². The van der Waals surface area contributed by atoms with Crippen LogP contribution in [0.3, 0.4) is 0 Å². The lowest BCUT2D eigenvalue weighted by Gasteiger charge is -2.36. The SMILES string of the molecule is COC(=O)c1ccc(Cl)cc1NC(=O)N1CCc2c([nH]c3ccccc23)[C@@H]1c1ccccc1F. The predicted molar refractivity (Wildman–Crippen MR) is 129 cm³/mol. The van der Waals surface area contributed by atoms with Gasteiger partial charge in [0.2, 0.25) is 0 Å². The van der Waals surface area contributed by atoms with Crippen LogP contribution in [-0.2, 0) is 11.2 Å². The van der Waals surface area contributed by atoms with Gasteiger partial charge in [0.1, 0.15) is 11.9 Å². The number of fused-ring (bicyclic) bond motifs is 3. The minimum Gasteiger partial charge on any atom is -0.465 e. The van der Waals surface area contributed by atoms with Gasteiger partial charge in [-0.15, -0.1) is 0 Å². The number of esters is 1. The van der Waals surface area contributed by atoms with Crippen LogP contribution in [0, 0.1) is 5.82 Å². The predicted octanol–water partition coefficient (Wildman–Crippen LogP) is 5.93. The summed E-state index contributed by atoms with van der Waals surface area (Å²) in [5.41, 5.74) is 3.53. The summed E-state index contributed by atoms with van der Waals surface area (Å²) in [4.78, 5) is 30.7. The highest BCUT2D eigenvalue weighted by Crippen LogP contribution is 2.39. The first-order valence-electron chi connectivity index (χ1n) is 10.8. The molecule has 8 heteroatoms. The molecule has 0 spiro atoms. The second kappa shape index (κ2) is 8.83. The van der Waals surface area contributed by atoms with E-state index in [0.29, 0.717) is 23.6 Å². The standard InChI is InChI=1S/C26H21ClFN3O3/c1-34-25(32)19-11-10-15(27)14-22(19)30-26(33)31-13-12-17-16-6-3-5-9-21(16)29-23(17)24(31)18-7-2-4-8-20(18)28/h2-11,14,24,29H,12-13H2,1H3,(H,30,33)/t24-/m0/s1. The van der Waals surface area contributed by atoms with Gasteiger partial charge in [-0.1, -0.05) is 48.0 Å². The Bertz CT molecular complexity index is 1420. The normalized spacial score (nSPS) is 15.1. The number of aromatic amines is 1. The van der Waals surface area contributed by atoms with Crippen molar-refractivity contribution in [1.29, 1.82) is 0 Å². The number of H-pyrrole nitrogens is 1. The molecule has 0 unspecified atom stereocenters. The second-order valence-electron chi connectivity index (χ2n) is 8.04. The number of rotatable bonds is 3. The largest absolute Gasteiger partial charge is 0.465 e. The van der Waals surface area contributed by atoms with Crippen molar-refractivity contribution in [3.05, 3.63) is 100.0 Å². The van der Waals surface area contributed by atoms with Gasteiger partial charge in [0, 0.05) is 33.7 Å². The van der Waals surface area contributed by atoms with Gasteiger partial charge in [0.15, 0.2) is 0 Å². The molecule has 34 heavy (non-hydrogen) atoms. The highest BCUT2D eigenvalue weighted by Gasteiger charge is 2.36. The van der Waals surface area contributed by atoms with Gasteiger partial charge in [0.05, 0.1) is 18.4 Å². The first-order chi connectivity index (χ1) is 16.5. The molecule has 0 bridgehead atoms. The molecule has 1 aliphatic rings. The number of methoxy groups -OCH3 is 1. The van der Waals surface area contributed by atoms with Crippen molar-refractivity contribution < 1.29 is 18.7 Å². The number of benzene rings is 3. The number of carbonyl (C=O) groups is 2. The molecule has 172 valence electrons. The molecule has 1 atom stereocenters. The highest BCUT2D eigenvalue weighted by atomic mass is 35.5. The van der Waals surface area contributed by atoms with Crippen molar-refractivity contribution in [3.63, 3.8) is 0 Å². The molecule has 4 aromatic rings. The maximum Gasteiger partial charge on any atom is 0.339 e. The average molecular weight is 478 g/mol. The third-order valence-electron chi connectivity index (χ3n) is 6.12. The van der Waals surface area contributed by atoms with Crippen molar-refractivity contribution in [2.45, 2.75) is 12.5 Å². The number of hydrogen-bond acceptors (Lipinski definition) is 3. The Morgan fingerprint density at radius 3 is 2.68 bits per heavy atom. The zero-order chi connectivity index (χ0) is 23.8. The van der Waals surface area contributed by atoms with E-state index < -0.39 is 23.9 Å². The topological polar surface area (TPSA) is 74.4 Å². The molecule has 2 amide bonds. The van der Waals surface area contributed by atoms with E-state index in [-0.39, 0.29) is 11.3 Å². The summed E-state index contributed by atoms with van der Waals surface area (Å²) in [6, 6.07) is 17.7. The molecule has 0 radical (unpaired) electrons. The Kier molecular flexibility index (Phi) is 5.71. The summed E-state index contributed by atoms with van der Waals surface area (Å²) in [6.45, 7) is 0.355. The summed E-state index contributed by atoms with van der Waals surface area (Å²) >= 11 is 6.12. The maximum atomic E-state index is 15.0. The number of nitrogens with zero attached hydrogens (tertiary/aromatic N) is 1. The lowest BCUT2D eigenvalue weighted by molar-refractivity contribution is 0.0602. The number of amides is 2. The summed E-state index contributed by atoms with van der Waals surface area (Å²) in [7, 11) is 1.26. The fourth-order valence-corrected chi connectivity index (χ4v) is 4.75. The van der Waals surface area contributed by atoms with Gasteiger partial charge in [-0.05, 0) is 42.3 Å². The fraction of sp³-hybridized carbons (Fsp3) is 0.154. The maximum absolute atomic E-state index is 15.0. The number of hydrogen-bond donors (Lipinski definition) is 2. The summed E-state index contributed by atoms with van der Waals surface area (Å²) in [6.07, 6.45) is 0.594. The van der Waals surface area contributed by atoms with Gasteiger partial charge in [-0.2, -0.15) is 0 Å². The molecule has 3 aromatic carbocycles. The number of aromatic nitrogens is 1. The molecular weight excluding hydrogens is 457 g/mol. The van der Waals surface area contributed by atoms with Crippen molar-refractivity contribution in [1.82, 2.24) is 9.88 Å². The molecule has 1 aliphatic heterocycles. The Hall–Kier alpha value is -3.84. The highest BCUT2D eigenvalue weighted by molar-refractivity contribution is 6.31. The first kappa shape index (κ1) is 22.0. The Balaban J connectivity index is 1.59. The van der Waals surface area contributed by atoms with Crippen LogP contribution in [0.4, 0.5) is 14.9 Å². The second-order valence-corrected chi connectivity index (χ2v) is 8.48. The van der Waals surface area contributed by atoms with Crippen molar-refractivity contribution in [2.24, 2.45) is 0 Å². The lowest BCUT2D eigenvalue weighted by atomic mass is 9.92. The third kappa shape index (κ3) is 3.78. The van der Waals surface area contributed by atoms with E-state index in [4.69, 9.17) is 16.3 Å². The van der Waals surface area contributed by atoms with Gasteiger partial charge >= 0.3 is 12.0 Å². The van der Waals surface area contributed by atoms with E-state index in [1.807, 2.05) is 24.3 Å². The fourth-order valence-electron chi connectivity index (χ4n) is 4.57. The molecule has 6 nitrogen and oxygen atoms in total. The van der Waals surface area contributed by atoms with Crippen molar-refractivity contribution in [3.8, 4) is 0 Å². The Morgan fingerprint density at radius 1 is 1.12 bits per heavy atom. The van der Waals surface area contributed by atoms with Crippen LogP contribution in [0.1, 0.15) is 33.2 Å². The van der Waals surface area contributed by atoms with E-state index in [1.165, 1.54) is 25.3 Å². The summed E-state index contributed by atoms with van der Waals surface area (Å²) in [5.74, 6) is -1.01. The van der Waals surface area contributed by atoms with Crippen LogP contribution in [-0.4, -0.2) is 35.5 Å². The molecule has 0 saturated carbocycles. The molecule has 1 aromatic heterocycles. The molecule has 2 heterocycles. The van der Waals surface area contributed by atoms with E-state index in [9.17, 15) is 9.59 Å². The van der Waals surface area contributed by atoms with Crippen molar-refractivity contribution in [2.75, 3.05) is 19.0 Å². The summed E-state index contributed by atoms with van der Waals surface area (Å²) in [5, 5.41) is 4.19. The first-order valence-corrected chi connectivity index (χ1v) is 11.1. The number of anilines is 1. The number of urea groups is 1. The number of carbonyl (C=O) groups excluding carboxylic acids is 2. The van der Waals surface area contributed by atoms with Gasteiger partial charge in [-0.3, -0.25) is 0 Å². The van der Waals surface area contributed by atoms with E-state index >= 15 is 4.39 Å². The minimum atomic E-state index is -0.682. The van der Waals surface area contributed by atoms with Crippen LogP contribution < -0.4 is 5.32 Å². The van der Waals surface area contributed by atoms with Crippen LogP contribution in [0.15, 0.2) is 66.7 Å². The number of ether oxygens (including phenoxy) is 1. The number of para-hydroxylation sites is 1. The quantitative estimate of drug-likeness (QED) is 0.359. The number of halogens is 2. The smallest absolute Gasteiger partial charge is 0.339 e. The Morgan fingerprint density at radius 2 is 1.88 bits per heavy atom. The molecular formula is C26H21ClFN3O3. The van der Waals surface area contributed by atoms with E-state index in [2.05, 4.69) is 10.3 Å². The van der Waals surface area contributed by atoms with Gasteiger partial charge in [0.25, 0.3) is 0 Å². The van der Waals surface area contributed by atoms with E-state index in [0.717, 1.165) is 22.2 Å².